The number of nitrogens with one attached hydrogen (secondary N) is 1. The van der Waals surface area contributed by atoms with Gasteiger partial charge in [0.25, 0.3) is 5.89 Å². The molecule has 8 heteroatoms. The van der Waals surface area contributed by atoms with Crippen molar-refractivity contribution >= 4 is 17.7 Å². The van der Waals surface area contributed by atoms with Gasteiger partial charge in [0, 0.05) is 31.3 Å². The normalized spacial score (nSPS) is 10.5. The van der Waals surface area contributed by atoms with E-state index in [1.54, 1.807) is 43.1 Å². The van der Waals surface area contributed by atoms with Gasteiger partial charge < -0.3 is 19.5 Å². The molecule has 0 saturated carbocycles. The van der Waals surface area contributed by atoms with Crippen molar-refractivity contribution in [2.45, 2.75) is 19.8 Å². The standard InChI is InChI=1S/C22H24N4O4/c1-3-29-20(27)15-16-9-11-18(12-10-16)23-22(28)26(2)14-13-19-24-21(30-25-19)17-7-5-4-6-8-17/h4-12H,3,13-15H2,1-2H3,(H,23,28). The molecule has 0 aliphatic rings. The maximum absolute atomic E-state index is 12.4. The van der Waals surface area contributed by atoms with Gasteiger partial charge in [-0.15, -0.1) is 0 Å². The monoisotopic (exact) mass is 408 g/mol. The van der Waals surface area contributed by atoms with Crippen molar-refractivity contribution < 1.29 is 18.8 Å². The number of urea groups is 1. The van der Waals surface area contributed by atoms with Crippen LogP contribution in [0.5, 0.6) is 0 Å². The summed E-state index contributed by atoms with van der Waals surface area (Å²) in [6.45, 7) is 2.56. The predicted octanol–water partition coefficient (Wildman–Crippen LogP) is 3.55. The van der Waals surface area contributed by atoms with Gasteiger partial charge in [-0.25, -0.2) is 4.79 Å². The molecule has 1 aromatic heterocycles. The highest BCUT2D eigenvalue weighted by atomic mass is 16.5. The Hall–Kier alpha value is -3.68. The van der Waals surface area contributed by atoms with E-state index in [2.05, 4.69) is 15.5 Å². The van der Waals surface area contributed by atoms with Crippen molar-refractivity contribution in [1.82, 2.24) is 15.0 Å². The van der Waals surface area contributed by atoms with Crippen LogP contribution in [0.15, 0.2) is 59.1 Å². The second-order valence-electron chi connectivity index (χ2n) is 6.66. The molecule has 3 aromatic rings. The maximum atomic E-state index is 12.4. The molecule has 0 atom stereocenters. The van der Waals surface area contributed by atoms with E-state index >= 15 is 0 Å². The molecule has 2 amide bonds. The van der Waals surface area contributed by atoms with E-state index in [0.717, 1.165) is 11.1 Å². The molecular weight excluding hydrogens is 384 g/mol. The minimum atomic E-state index is -0.272. The number of nitrogens with zero attached hydrogens (tertiary/aromatic N) is 3. The van der Waals surface area contributed by atoms with Gasteiger partial charge in [0.15, 0.2) is 5.82 Å². The number of carbonyl (C=O) groups excluding carboxylic acids is 2. The van der Waals surface area contributed by atoms with E-state index in [9.17, 15) is 9.59 Å². The molecule has 0 aliphatic heterocycles. The van der Waals surface area contributed by atoms with Gasteiger partial charge in [0.05, 0.1) is 13.0 Å². The molecule has 0 spiro atoms. The van der Waals surface area contributed by atoms with Gasteiger partial charge in [0.1, 0.15) is 0 Å². The number of amides is 2. The molecule has 0 fully saturated rings. The molecule has 1 N–H and O–H groups in total. The Morgan fingerprint density at radius 2 is 1.83 bits per heavy atom. The quantitative estimate of drug-likeness (QED) is 0.573. The van der Waals surface area contributed by atoms with Crippen LogP contribution in [0.25, 0.3) is 11.5 Å². The van der Waals surface area contributed by atoms with Crippen molar-refractivity contribution in [3.63, 3.8) is 0 Å². The highest BCUT2D eigenvalue weighted by molar-refractivity contribution is 5.89. The van der Waals surface area contributed by atoms with Crippen molar-refractivity contribution in [2.75, 3.05) is 25.5 Å². The van der Waals surface area contributed by atoms with Gasteiger partial charge in [-0.3, -0.25) is 4.79 Å². The third-order valence-electron chi connectivity index (χ3n) is 4.37. The van der Waals surface area contributed by atoms with Crippen LogP contribution >= 0.6 is 0 Å². The fourth-order valence-electron chi connectivity index (χ4n) is 2.73. The van der Waals surface area contributed by atoms with E-state index in [4.69, 9.17) is 9.26 Å². The molecule has 30 heavy (non-hydrogen) atoms. The Morgan fingerprint density at radius 1 is 1.10 bits per heavy atom. The zero-order valence-corrected chi connectivity index (χ0v) is 17.0. The van der Waals surface area contributed by atoms with Gasteiger partial charge in [-0.05, 0) is 36.8 Å². The fraction of sp³-hybridized carbons (Fsp3) is 0.273. The van der Waals surface area contributed by atoms with Crippen LogP contribution in [-0.2, 0) is 22.4 Å². The maximum Gasteiger partial charge on any atom is 0.321 e. The van der Waals surface area contributed by atoms with E-state index in [-0.39, 0.29) is 18.4 Å². The zero-order chi connectivity index (χ0) is 21.3. The summed E-state index contributed by atoms with van der Waals surface area (Å²) in [5.41, 5.74) is 2.32. The zero-order valence-electron chi connectivity index (χ0n) is 17.0. The summed E-state index contributed by atoms with van der Waals surface area (Å²) >= 11 is 0. The third kappa shape index (κ3) is 5.91. The first kappa shape index (κ1) is 21.0. The number of benzene rings is 2. The second kappa shape index (κ2) is 10.2. The third-order valence-corrected chi connectivity index (χ3v) is 4.37. The average molecular weight is 408 g/mol. The Morgan fingerprint density at radius 3 is 2.53 bits per heavy atom. The lowest BCUT2D eigenvalue weighted by molar-refractivity contribution is -0.142. The van der Waals surface area contributed by atoms with E-state index in [1.165, 1.54) is 0 Å². The van der Waals surface area contributed by atoms with Gasteiger partial charge in [-0.1, -0.05) is 35.5 Å². The molecule has 8 nitrogen and oxygen atoms in total. The molecule has 0 bridgehead atoms. The molecule has 0 unspecified atom stereocenters. The highest BCUT2D eigenvalue weighted by Crippen LogP contribution is 2.16. The average Bonchev–Trinajstić information content (AvgIpc) is 3.23. The minimum Gasteiger partial charge on any atom is -0.466 e. The van der Waals surface area contributed by atoms with E-state index in [1.807, 2.05) is 30.3 Å². The lowest BCUT2D eigenvalue weighted by Crippen LogP contribution is -2.33. The van der Waals surface area contributed by atoms with Crippen molar-refractivity contribution in [3.05, 3.63) is 66.0 Å². The molecule has 2 aromatic carbocycles. The van der Waals surface area contributed by atoms with Gasteiger partial charge in [-0.2, -0.15) is 4.98 Å². The first-order valence-electron chi connectivity index (χ1n) is 9.70. The first-order chi connectivity index (χ1) is 14.5. The predicted molar refractivity (Wildman–Crippen MR) is 112 cm³/mol. The van der Waals surface area contributed by atoms with Gasteiger partial charge in [0.2, 0.25) is 0 Å². The minimum absolute atomic E-state index is 0.206. The van der Waals surface area contributed by atoms with E-state index < -0.39 is 0 Å². The van der Waals surface area contributed by atoms with Crippen LogP contribution < -0.4 is 5.32 Å². The highest BCUT2D eigenvalue weighted by Gasteiger charge is 2.13. The van der Waals surface area contributed by atoms with E-state index in [0.29, 0.717) is 37.0 Å². The SMILES string of the molecule is CCOC(=O)Cc1ccc(NC(=O)N(C)CCc2noc(-c3ccccc3)n2)cc1. The second-order valence-corrected chi connectivity index (χ2v) is 6.66. The summed E-state index contributed by atoms with van der Waals surface area (Å²) in [5.74, 6) is 0.725. The van der Waals surface area contributed by atoms with Crippen LogP contribution in [-0.4, -0.2) is 47.2 Å². The Bertz CT molecular complexity index is 970. The molecule has 0 aliphatic carbocycles. The van der Waals surface area contributed by atoms with Crippen LogP contribution in [0.2, 0.25) is 0 Å². The topological polar surface area (TPSA) is 97.6 Å². The smallest absolute Gasteiger partial charge is 0.321 e. The Kier molecular flexibility index (Phi) is 7.15. The first-order valence-corrected chi connectivity index (χ1v) is 9.70. The summed E-state index contributed by atoms with van der Waals surface area (Å²) < 4.78 is 10.2. The number of carbonyl (C=O) groups is 2. The fourth-order valence-corrected chi connectivity index (χ4v) is 2.73. The number of aromatic nitrogens is 2. The van der Waals surface area contributed by atoms with Crippen LogP contribution in [0.3, 0.4) is 0 Å². The number of hydrogen-bond acceptors (Lipinski definition) is 6. The van der Waals surface area contributed by atoms with Crippen LogP contribution in [0.4, 0.5) is 10.5 Å². The molecule has 0 radical (unpaired) electrons. The summed E-state index contributed by atoms with van der Waals surface area (Å²) in [6, 6.07) is 16.4. The molecule has 1 heterocycles. The lowest BCUT2D eigenvalue weighted by Gasteiger charge is -2.17. The summed E-state index contributed by atoms with van der Waals surface area (Å²) in [4.78, 5) is 29.8. The lowest BCUT2D eigenvalue weighted by atomic mass is 10.1. The van der Waals surface area contributed by atoms with Crippen molar-refractivity contribution in [3.8, 4) is 11.5 Å². The largest absolute Gasteiger partial charge is 0.466 e. The molecular formula is C22H24N4O4. The number of anilines is 1. The number of likely N-dealkylation sites (N-methyl/N-ethyl adjacent to an activating group) is 1. The Balaban J connectivity index is 1.48. The van der Waals surface area contributed by atoms with Crippen molar-refractivity contribution in [1.29, 1.82) is 0 Å². The Labute approximate surface area is 174 Å². The summed E-state index contributed by atoms with van der Waals surface area (Å²) in [6.07, 6.45) is 0.677. The molecule has 156 valence electrons. The number of esters is 1. The number of rotatable bonds is 8. The molecule has 3 rings (SSSR count). The summed E-state index contributed by atoms with van der Waals surface area (Å²) in [5, 5.41) is 6.79. The summed E-state index contributed by atoms with van der Waals surface area (Å²) in [7, 11) is 1.70. The van der Waals surface area contributed by atoms with Crippen molar-refractivity contribution in [2.24, 2.45) is 0 Å². The number of ether oxygens (including phenoxy) is 1. The van der Waals surface area contributed by atoms with Gasteiger partial charge >= 0.3 is 12.0 Å². The molecule has 0 saturated heterocycles. The van der Waals surface area contributed by atoms with Crippen LogP contribution in [0, 0.1) is 0 Å². The van der Waals surface area contributed by atoms with Crippen LogP contribution in [0.1, 0.15) is 18.3 Å². The number of hydrogen-bond donors (Lipinski definition) is 1.